The van der Waals surface area contributed by atoms with E-state index in [4.69, 9.17) is 4.74 Å². The van der Waals surface area contributed by atoms with Crippen molar-refractivity contribution in [2.24, 2.45) is 5.41 Å². The predicted octanol–water partition coefficient (Wildman–Crippen LogP) is 2.65. The molecule has 2 amide bonds. The molecule has 1 aromatic carbocycles. The van der Waals surface area contributed by atoms with Gasteiger partial charge in [0.15, 0.2) is 6.10 Å². The largest absolute Gasteiger partial charge is 0.449 e. The molecule has 0 fully saturated rings. The summed E-state index contributed by atoms with van der Waals surface area (Å²) in [5.41, 5.74) is 0.124. The number of nitrogens with one attached hydrogen (secondary N) is 2. The molecule has 0 aliphatic rings. The number of carbonyl (C=O) groups is 3. The van der Waals surface area contributed by atoms with Crippen molar-refractivity contribution in [2.75, 3.05) is 10.6 Å². The van der Waals surface area contributed by atoms with Gasteiger partial charge in [-0.25, -0.2) is 14.8 Å². The molecule has 0 saturated heterocycles. The van der Waals surface area contributed by atoms with Gasteiger partial charge in [-0.1, -0.05) is 26.8 Å². The van der Waals surface area contributed by atoms with E-state index < -0.39 is 23.4 Å². The standard InChI is InChI=1S/C19H22N4O4/c1-12(15(24)23-18-20-9-6-10-21-18)27-16(25)13-7-5-8-14(11-13)22-17(26)19(2,3)4/h5-12H,1-4H3,(H,22,26)(H,20,21,23,24). The third-order valence-electron chi connectivity index (χ3n) is 3.49. The maximum Gasteiger partial charge on any atom is 0.338 e. The minimum absolute atomic E-state index is 0.122. The number of benzene rings is 1. The van der Waals surface area contributed by atoms with Gasteiger partial charge in [-0.05, 0) is 31.2 Å². The number of hydrogen-bond acceptors (Lipinski definition) is 6. The first kappa shape index (κ1) is 20.0. The van der Waals surface area contributed by atoms with Crippen molar-refractivity contribution in [1.29, 1.82) is 0 Å². The maximum atomic E-state index is 12.3. The molecule has 0 aliphatic carbocycles. The molecule has 0 radical (unpaired) electrons. The van der Waals surface area contributed by atoms with Crippen molar-refractivity contribution in [3.63, 3.8) is 0 Å². The molecular formula is C19H22N4O4. The molecule has 1 heterocycles. The van der Waals surface area contributed by atoms with Crippen LogP contribution in [0.1, 0.15) is 38.1 Å². The van der Waals surface area contributed by atoms with Crippen LogP contribution < -0.4 is 10.6 Å². The van der Waals surface area contributed by atoms with Crippen LogP contribution in [0.15, 0.2) is 42.7 Å². The summed E-state index contributed by atoms with van der Waals surface area (Å²) < 4.78 is 5.18. The van der Waals surface area contributed by atoms with E-state index in [1.54, 1.807) is 45.0 Å². The minimum atomic E-state index is -1.05. The molecule has 0 spiro atoms. The highest BCUT2D eigenvalue weighted by Gasteiger charge is 2.22. The molecule has 27 heavy (non-hydrogen) atoms. The second-order valence-electron chi connectivity index (χ2n) is 6.89. The molecule has 0 bridgehead atoms. The fourth-order valence-corrected chi connectivity index (χ4v) is 1.90. The van der Waals surface area contributed by atoms with Crippen LogP contribution in [0.2, 0.25) is 0 Å². The van der Waals surface area contributed by atoms with Gasteiger partial charge in [0, 0.05) is 23.5 Å². The fourth-order valence-electron chi connectivity index (χ4n) is 1.90. The highest BCUT2D eigenvalue weighted by Crippen LogP contribution is 2.18. The van der Waals surface area contributed by atoms with Crippen LogP contribution in [0.25, 0.3) is 0 Å². The fraction of sp³-hybridized carbons (Fsp3) is 0.316. The molecule has 0 aliphatic heterocycles. The summed E-state index contributed by atoms with van der Waals surface area (Å²) in [6.45, 7) is 6.81. The lowest BCUT2D eigenvalue weighted by Crippen LogP contribution is -2.30. The molecule has 1 unspecified atom stereocenters. The van der Waals surface area contributed by atoms with E-state index >= 15 is 0 Å². The van der Waals surface area contributed by atoms with Gasteiger partial charge in [-0.3, -0.25) is 14.9 Å². The van der Waals surface area contributed by atoms with E-state index in [2.05, 4.69) is 20.6 Å². The second kappa shape index (κ2) is 8.39. The van der Waals surface area contributed by atoms with E-state index in [-0.39, 0.29) is 17.4 Å². The Morgan fingerprint density at radius 3 is 2.33 bits per heavy atom. The van der Waals surface area contributed by atoms with Crippen molar-refractivity contribution in [3.8, 4) is 0 Å². The van der Waals surface area contributed by atoms with Crippen LogP contribution in [0.3, 0.4) is 0 Å². The van der Waals surface area contributed by atoms with E-state index in [1.165, 1.54) is 25.4 Å². The van der Waals surface area contributed by atoms with Gasteiger partial charge in [0.05, 0.1) is 5.56 Å². The summed E-state index contributed by atoms with van der Waals surface area (Å²) in [5.74, 6) is -1.29. The van der Waals surface area contributed by atoms with Crippen LogP contribution in [0.4, 0.5) is 11.6 Å². The lowest BCUT2D eigenvalue weighted by Gasteiger charge is -2.18. The van der Waals surface area contributed by atoms with Crippen LogP contribution in [0.5, 0.6) is 0 Å². The summed E-state index contributed by atoms with van der Waals surface area (Å²) in [4.78, 5) is 44.2. The average Bonchev–Trinajstić information content (AvgIpc) is 2.61. The Morgan fingerprint density at radius 1 is 1.04 bits per heavy atom. The van der Waals surface area contributed by atoms with Crippen molar-refractivity contribution < 1.29 is 19.1 Å². The summed E-state index contributed by atoms with van der Waals surface area (Å²) in [7, 11) is 0. The van der Waals surface area contributed by atoms with Gasteiger partial charge in [-0.15, -0.1) is 0 Å². The van der Waals surface area contributed by atoms with Gasteiger partial charge < -0.3 is 10.1 Å². The van der Waals surface area contributed by atoms with E-state index in [1.807, 2.05) is 0 Å². The molecule has 8 heteroatoms. The molecule has 142 valence electrons. The number of carbonyl (C=O) groups excluding carboxylic acids is 3. The number of esters is 1. The smallest absolute Gasteiger partial charge is 0.338 e. The highest BCUT2D eigenvalue weighted by molar-refractivity contribution is 5.98. The van der Waals surface area contributed by atoms with Crippen LogP contribution in [-0.4, -0.2) is 33.9 Å². The number of hydrogen-bond donors (Lipinski definition) is 2. The number of rotatable bonds is 5. The van der Waals surface area contributed by atoms with Gasteiger partial charge in [0.25, 0.3) is 5.91 Å². The Bertz CT molecular complexity index is 831. The van der Waals surface area contributed by atoms with Crippen LogP contribution in [0, 0.1) is 5.41 Å². The lowest BCUT2D eigenvalue weighted by molar-refractivity contribution is -0.124. The Hall–Kier alpha value is -3.29. The zero-order chi connectivity index (χ0) is 20.0. The van der Waals surface area contributed by atoms with E-state index in [0.717, 1.165) is 0 Å². The zero-order valence-corrected chi connectivity index (χ0v) is 15.6. The van der Waals surface area contributed by atoms with Crippen LogP contribution in [-0.2, 0) is 14.3 Å². The van der Waals surface area contributed by atoms with Crippen molar-refractivity contribution in [1.82, 2.24) is 9.97 Å². The van der Waals surface area contributed by atoms with Gasteiger partial charge in [0.1, 0.15) is 0 Å². The third kappa shape index (κ3) is 5.88. The molecular weight excluding hydrogens is 348 g/mol. The van der Waals surface area contributed by atoms with Gasteiger partial charge in [0.2, 0.25) is 11.9 Å². The minimum Gasteiger partial charge on any atom is -0.449 e. The van der Waals surface area contributed by atoms with Gasteiger partial charge in [-0.2, -0.15) is 0 Å². The van der Waals surface area contributed by atoms with Gasteiger partial charge >= 0.3 is 5.97 Å². The molecule has 2 N–H and O–H groups in total. The van der Waals surface area contributed by atoms with Crippen LogP contribution >= 0.6 is 0 Å². The molecule has 2 rings (SSSR count). The first-order valence-electron chi connectivity index (χ1n) is 8.37. The number of amides is 2. The number of anilines is 2. The summed E-state index contributed by atoms with van der Waals surface area (Å²) in [6, 6.07) is 7.95. The van der Waals surface area contributed by atoms with Crippen molar-refractivity contribution >= 4 is 29.4 Å². The quantitative estimate of drug-likeness (QED) is 0.783. The molecule has 1 aromatic heterocycles. The summed E-state index contributed by atoms with van der Waals surface area (Å²) >= 11 is 0. The van der Waals surface area contributed by atoms with Crippen molar-refractivity contribution in [2.45, 2.75) is 33.8 Å². The predicted molar refractivity (Wildman–Crippen MR) is 100 cm³/mol. The highest BCUT2D eigenvalue weighted by atomic mass is 16.5. The molecule has 1 atom stereocenters. The van der Waals surface area contributed by atoms with E-state index in [9.17, 15) is 14.4 Å². The number of aromatic nitrogens is 2. The average molecular weight is 370 g/mol. The third-order valence-corrected chi connectivity index (χ3v) is 3.49. The number of ether oxygens (including phenoxy) is 1. The lowest BCUT2D eigenvalue weighted by atomic mass is 9.95. The Balaban J connectivity index is 2.00. The Kier molecular flexibility index (Phi) is 6.23. The monoisotopic (exact) mass is 370 g/mol. The summed E-state index contributed by atoms with van der Waals surface area (Å²) in [6.07, 6.45) is 1.92. The normalized spacial score (nSPS) is 12.0. The van der Waals surface area contributed by atoms with E-state index in [0.29, 0.717) is 5.69 Å². The summed E-state index contributed by atoms with van der Waals surface area (Å²) in [5, 5.41) is 5.20. The first-order chi connectivity index (χ1) is 12.7. The first-order valence-corrected chi connectivity index (χ1v) is 8.37. The Labute approximate surface area is 157 Å². The number of nitrogens with zero attached hydrogens (tertiary/aromatic N) is 2. The molecule has 2 aromatic rings. The second-order valence-corrected chi connectivity index (χ2v) is 6.89. The topological polar surface area (TPSA) is 110 Å². The Morgan fingerprint density at radius 2 is 1.70 bits per heavy atom. The van der Waals surface area contributed by atoms with Crippen molar-refractivity contribution in [3.05, 3.63) is 48.3 Å². The molecule has 0 saturated carbocycles. The zero-order valence-electron chi connectivity index (χ0n) is 15.6. The SMILES string of the molecule is CC(OC(=O)c1cccc(NC(=O)C(C)(C)C)c1)C(=O)Nc1ncccn1. The maximum absolute atomic E-state index is 12.3. The molecule has 8 nitrogen and oxygen atoms in total.